The van der Waals surface area contributed by atoms with Gasteiger partial charge < -0.3 is 5.32 Å². The van der Waals surface area contributed by atoms with E-state index < -0.39 is 0 Å². The van der Waals surface area contributed by atoms with Gasteiger partial charge in [0.1, 0.15) is 4.60 Å². The van der Waals surface area contributed by atoms with Gasteiger partial charge in [-0.1, -0.05) is 24.3 Å². The molecule has 0 fully saturated rings. The number of benzene rings is 1. The summed E-state index contributed by atoms with van der Waals surface area (Å²) in [4.78, 5) is 16.3. The van der Waals surface area contributed by atoms with E-state index in [9.17, 15) is 4.79 Å². The highest BCUT2D eigenvalue weighted by Crippen LogP contribution is 2.21. The smallest absolute Gasteiger partial charge is 0.254 e. The van der Waals surface area contributed by atoms with Crippen LogP contribution in [-0.2, 0) is 12.8 Å². The molecule has 3 rings (SSSR count). The summed E-state index contributed by atoms with van der Waals surface area (Å²) in [7, 11) is 0. The van der Waals surface area contributed by atoms with E-state index in [-0.39, 0.29) is 11.9 Å². The summed E-state index contributed by atoms with van der Waals surface area (Å²) < 4.78 is 0.591. The fourth-order valence-corrected chi connectivity index (χ4v) is 3.07. The lowest BCUT2D eigenvalue weighted by Crippen LogP contribution is -2.39. The Balaban J connectivity index is 1.71. The second kappa shape index (κ2) is 5.75. The Morgan fingerprint density at radius 3 is 2.80 bits per heavy atom. The lowest BCUT2D eigenvalue weighted by atomic mass is 9.88. The molecule has 3 nitrogen and oxygen atoms in total. The van der Waals surface area contributed by atoms with Gasteiger partial charge in [0.2, 0.25) is 0 Å². The third-order valence-electron chi connectivity index (χ3n) is 3.69. The van der Waals surface area contributed by atoms with Crippen LogP contribution >= 0.6 is 15.9 Å². The van der Waals surface area contributed by atoms with E-state index in [2.05, 4.69) is 50.5 Å². The summed E-state index contributed by atoms with van der Waals surface area (Å²) in [6.07, 6.45) is 4.58. The number of nitrogens with zero attached hydrogens (tertiary/aromatic N) is 1. The molecular formula is C16H15BrN2O. The first-order valence-electron chi connectivity index (χ1n) is 6.72. The predicted octanol–water partition coefficient (Wildman–Crippen LogP) is 3.13. The summed E-state index contributed by atoms with van der Waals surface area (Å²) in [6, 6.07) is 12.2. The van der Waals surface area contributed by atoms with Crippen LogP contribution in [0.1, 0.15) is 27.9 Å². The van der Waals surface area contributed by atoms with Crippen LogP contribution in [0.5, 0.6) is 0 Å². The molecule has 0 saturated heterocycles. The number of aryl methyl sites for hydroxylation is 1. The Morgan fingerprint density at radius 2 is 2.00 bits per heavy atom. The molecule has 0 aliphatic heterocycles. The van der Waals surface area contributed by atoms with Crippen molar-refractivity contribution in [2.75, 3.05) is 0 Å². The van der Waals surface area contributed by atoms with Crippen molar-refractivity contribution in [3.63, 3.8) is 0 Å². The zero-order chi connectivity index (χ0) is 13.9. The molecule has 1 aromatic carbocycles. The number of fused-ring (bicyclic) bond motifs is 1. The topological polar surface area (TPSA) is 42.0 Å². The SMILES string of the molecule is O=C(NC1CCc2ccccc2C1)c1cccnc1Br. The van der Waals surface area contributed by atoms with Gasteiger partial charge in [-0.15, -0.1) is 0 Å². The van der Waals surface area contributed by atoms with Crippen molar-refractivity contribution in [3.05, 3.63) is 63.9 Å². The second-order valence-electron chi connectivity index (χ2n) is 5.02. The number of nitrogens with one attached hydrogen (secondary N) is 1. The van der Waals surface area contributed by atoms with Crippen molar-refractivity contribution in [2.24, 2.45) is 0 Å². The van der Waals surface area contributed by atoms with E-state index in [0.29, 0.717) is 10.2 Å². The molecule has 1 atom stereocenters. The van der Waals surface area contributed by atoms with E-state index >= 15 is 0 Å². The van der Waals surface area contributed by atoms with Crippen molar-refractivity contribution in [2.45, 2.75) is 25.3 Å². The first-order chi connectivity index (χ1) is 9.74. The number of pyridine rings is 1. The third-order valence-corrected chi connectivity index (χ3v) is 4.32. The van der Waals surface area contributed by atoms with Crippen LogP contribution in [0, 0.1) is 0 Å². The molecule has 102 valence electrons. The molecular weight excluding hydrogens is 316 g/mol. The van der Waals surface area contributed by atoms with Crippen molar-refractivity contribution in [1.82, 2.24) is 10.3 Å². The standard InChI is InChI=1S/C16H15BrN2O/c17-15-14(6-3-9-18-15)16(20)19-13-8-7-11-4-1-2-5-12(11)10-13/h1-6,9,13H,7-8,10H2,(H,19,20). The number of carbonyl (C=O) groups is 1. The minimum atomic E-state index is -0.0608. The van der Waals surface area contributed by atoms with Gasteiger partial charge in [0, 0.05) is 12.2 Å². The first kappa shape index (κ1) is 13.3. The highest BCUT2D eigenvalue weighted by Gasteiger charge is 2.21. The van der Waals surface area contributed by atoms with Crippen molar-refractivity contribution < 1.29 is 4.79 Å². The molecule has 1 heterocycles. The summed E-state index contributed by atoms with van der Waals surface area (Å²) in [5.74, 6) is -0.0608. The first-order valence-corrected chi connectivity index (χ1v) is 7.51. The summed E-state index contributed by atoms with van der Waals surface area (Å²) in [6.45, 7) is 0. The van der Waals surface area contributed by atoms with E-state index in [4.69, 9.17) is 0 Å². The number of hydrogen-bond donors (Lipinski definition) is 1. The van der Waals surface area contributed by atoms with E-state index in [1.807, 2.05) is 0 Å². The molecule has 1 aliphatic rings. The maximum atomic E-state index is 12.3. The third kappa shape index (κ3) is 2.75. The molecule has 2 aromatic rings. The van der Waals surface area contributed by atoms with Crippen LogP contribution in [-0.4, -0.2) is 16.9 Å². The number of rotatable bonds is 2. The molecule has 0 saturated carbocycles. The lowest BCUT2D eigenvalue weighted by molar-refractivity contribution is 0.0932. The molecule has 0 bridgehead atoms. The molecule has 1 N–H and O–H groups in total. The predicted molar refractivity (Wildman–Crippen MR) is 81.7 cm³/mol. The largest absolute Gasteiger partial charge is 0.349 e. The Bertz CT molecular complexity index is 642. The van der Waals surface area contributed by atoms with Crippen LogP contribution in [0.3, 0.4) is 0 Å². The van der Waals surface area contributed by atoms with Crippen LogP contribution < -0.4 is 5.32 Å². The van der Waals surface area contributed by atoms with E-state index in [1.54, 1.807) is 18.3 Å². The van der Waals surface area contributed by atoms with Gasteiger partial charge in [-0.3, -0.25) is 4.79 Å². The van der Waals surface area contributed by atoms with Gasteiger partial charge in [0.15, 0.2) is 0 Å². The maximum absolute atomic E-state index is 12.3. The Kier molecular flexibility index (Phi) is 3.83. The van der Waals surface area contributed by atoms with Gasteiger partial charge in [-0.05, 0) is 58.5 Å². The van der Waals surface area contributed by atoms with E-state index in [1.165, 1.54) is 11.1 Å². The van der Waals surface area contributed by atoms with Crippen molar-refractivity contribution in [3.8, 4) is 0 Å². The Hall–Kier alpha value is -1.68. The highest BCUT2D eigenvalue weighted by molar-refractivity contribution is 9.10. The number of hydrogen-bond acceptors (Lipinski definition) is 2. The lowest BCUT2D eigenvalue weighted by Gasteiger charge is -2.25. The van der Waals surface area contributed by atoms with Crippen molar-refractivity contribution in [1.29, 1.82) is 0 Å². The summed E-state index contributed by atoms with van der Waals surface area (Å²) in [5, 5.41) is 3.11. The zero-order valence-corrected chi connectivity index (χ0v) is 12.6. The van der Waals surface area contributed by atoms with Gasteiger partial charge in [-0.2, -0.15) is 0 Å². The number of halogens is 1. The minimum Gasteiger partial charge on any atom is -0.349 e. The Morgan fingerprint density at radius 1 is 1.20 bits per heavy atom. The monoisotopic (exact) mass is 330 g/mol. The number of aromatic nitrogens is 1. The minimum absolute atomic E-state index is 0.0608. The molecule has 0 radical (unpaired) electrons. The average Bonchev–Trinajstić information content (AvgIpc) is 2.47. The van der Waals surface area contributed by atoms with Gasteiger partial charge in [0.05, 0.1) is 5.56 Å². The fourth-order valence-electron chi connectivity index (χ4n) is 2.64. The molecule has 1 amide bonds. The van der Waals surface area contributed by atoms with Crippen molar-refractivity contribution >= 4 is 21.8 Å². The summed E-state index contributed by atoms with van der Waals surface area (Å²) >= 11 is 3.32. The molecule has 20 heavy (non-hydrogen) atoms. The quantitative estimate of drug-likeness (QED) is 0.859. The normalized spacial score (nSPS) is 17.4. The van der Waals surface area contributed by atoms with Crippen LogP contribution in [0.4, 0.5) is 0 Å². The van der Waals surface area contributed by atoms with Crippen LogP contribution in [0.25, 0.3) is 0 Å². The molecule has 4 heteroatoms. The molecule has 0 spiro atoms. The van der Waals surface area contributed by atoms with Crippen LogP contribution in [0.2, 0.25) is 0 Å². The number of amides is 1. The summed E-state index contributed by atoms with van der Waals surface area (Å²) in [5.41, 5.74) is 3.33. The average molecular weight is 331 g/mol. The van der Waals surface area contributed by atoms with Gasteiger partial charge in [0.25, 0.3) is 5.91 Å². The van der Waals surface area contributed by atoms with Gasteiger partial charge >= 0.3 is 0 Å². The van der Waals surface area contributed by atoms with Crippen LogP contribution in [0.15, 0.2) is 47.2 Å². The Labute approximate surface area is 126 Å². The van der Waals surface area contributed by atoms with E-state index in [0.717, 1.165) is 19.3 Å². The van der Waals surface area contributed by atoms with Gasteiger partial charge in [-0.25, -0.2) is 4.98 Å². The fraction of sp³-hybridized carbons (Fsp3) is 0.250. The maximum Gasteiger partial charge on any atom is 0.254 e. The number of carbonyl (C=O) groups excluding carboxylic acids is 1. The molecule has 1 aliphatic carbocycles. The molecule has 1 aromatic heterocycles. The zero-order valence-electron chi connectivity index (χ0n) is 11.0. The molecule has 1 unspecified atom stereocenters. The highest BCUT2D eigenvalue weighted by atomic mass is 79.9. The second-order valence-corrected chi connectivity index (χ2v) is 5.77.